The number of aromatic nitrogens is 4. The number of hydrogen-bond donors (Lipinski definition) is 1. The second kappa shape index (κ2) is 3.49. The van der Waals surface area contributed by atoms with Crippen LogP contribution in [0, 0.1) is 0 Å². The molecule has 5 nitrogen and oxygen atoms in total. The van der Waals surface area contributed by atoms with Gasteiger partial charge in [0.25, 0.3) is 0 Å². The molecule has 5 heteroatoms. The number of nitrogens with zero attached hydrogens (tertiary/aromatic N) is 3. The summed E-state index contributed by atoms with van der Waals surface area (Å²) in [5, 5.41) is 0. The van der Waals surface area contributed by atoms with Gasteiger partial charge in [-0.15, -0.1) is 0 Å². The minimum atomic E-state index is -0.145. The Kier molecular flexibility index (Phi) is 2.30. The third kappa shape index (κ3) is 1.54. The van der Waals surface area contributed by atoms with E-state index >= 15 is 0 Å². The maximum Gasteiger partial charge on any atom is 0.329 e. The van der Waals surface area contributed by atoms with Gasteiger partial charge in [0.2, 0.25) is 0 Å². The molecule has 0 fully saturated rings. The van der Waals surface area contributed by atoms with Gasteiger partial charge in [0.05, 0.1) is 11.9 Å². The highest BCUT2D eigenvalue weighted by molar-refractivity contribution is 5.65. The first-order chi connectivity index (χ1) is 7.13. The molecule has 2 rings (SSSR count). The normalized spacial score (nSPS) is 11.5. The lowest BCUT2D eigenvalue weighted by atomic mass is 10.3. The highest BCUT2D eigenvalue weighted by atomic mass is 16.1. The molecule has 0 aromatic carbocycles. The van der Waals surface area contributed by atoms with Gasteiger partial charge in [0, 0.05) is 6.04 Å². The van der Waals surface area contributed by atoms with Crippen LogP contribution >= 0.6 is 0 Å². The third-order valence-corrected chi connectivity index (χ3v) is 2.35. The van der Waals surface area contributed by atoms with Crippen LogP contribution in [-0.4, -0.2) is 19.5 Å². The Morgan fingerprint density at radius 2 is 2.27 bits per heavy atom. The van der Waals surface area contributed by atoms with Gasteiger partial charge >= 0.3 is 5.69 Å². The number of H-pyrrole nitrogens is 1. The summed E-state index contributed by atoms with van der Waals surface area (Å²) in [6, 6.07) is 0.0904. The predicted octanol–water partition coefficient (Wildman–Crippen LogP) is 1.26. The van der Waals surface area contributed by atoms with Crippen molar-refractivity contribution >= 4 is 11.3 Å². The molecular formula is C10H14N4O. The van der Waals surface area contributed by atoms with Gasteiger partial charge in [0.1, 0.15) is 0 Å². The van der Waals surface area contributed by atoms with Crippen LogP contribution in [0.25, 0.3) is 11.3 Å². The van der Waals surface area contributed by atoms with Gasteiger partial charge < -0.3 is 0 Å². The molecule has 0 saturated carbocycles. The summed E-state index contributed by atoms with van der Waals surface area (Å²) in [6.45, 7) is 5.92. The van der Waals surface area contributed by atoms with E-state index in [4.69, 9.17) is 0 Å². The van der Waals surface area contributed by atoms with E-state index in [1.165, 1.54) is 0 Å². The van der Waals surface area contributed by atoms with Crippen molar-refractivity contribution in [2.45, 2.75) is 33.2 Å². The SMILES string of the molecule is CCc1cnc2[nH]c(=O)n(C(C)C)c2n1. The molecule has 0 spiro atoms. The standard InChI is InChI=1S/C10H14N4O/c1-4-7-5-11-8-9(12-7)14(6(2)3)10(15)13-8/h5-6H,4H2,1-3H3,(H,11,13,15). The molecule has 0 aliphatic carbocycles. The Morgan fingerprint density at radius 3 is 2.87 bits per heavy atom. The molecule has 15 heavy (non-hydrogen) atoms. The van der Waals surface area contributed by atoms with Crippen molar-refractivity contribution in [3.8, 4) is 0 Å². The monoisotopic (exact) mass is 206 g/mol. The van der Waals surface area contributed by atoms with Crippen molar-refractivity contribution in [2.75, 3.05) is 0 Å². The van der Waals surface area contributed by atoms with Gasteiger partial charge in [-0.1, -0.05) is 6.92 Å². The molecule has 1 N–H and O–H groups in total. The zero-order chi connectivity index (χ0) is 11.0. The number of rotatable bonds is 2. The second-order valence-corrected chi connectivity index (χ2v) is 3.78. The maximum atomic E-state index is 11.6. The van der Waals surface area contributed by atoms with Crippen LogP contribution in [0.5, 0.6) is 0 Å². The van der Waals surface area contributed by atoms with Gasteiger partial charge in [-0.3, -0.25) is 9.55 Å². The fourth-order valence-electron chi connectivity index (χ4n) is 1.58. The Balaban J connectivity index is 2.78. The smallest absolute Gasteiger partial charge is 0.289 e. The largest absolute Gasteiger partial charge is 0.329 e. The van der Waals surface area contributed by atoms with Crippen molar-refractivity contribution in [3.63, 3.8) is 0 Å². The average molecular weight is 206 g/mol. The van der Waals surface area contributed by atoms with E-state index in [1.54, 1.807) is 10.8 Å². The molecule has 0 aliphatic rings. The lowest BCUT2D eigenvalue weighted by Gasteiger charge is -2.05. The van der Waals surface area contributed by atoms with Crippen molar-refractivity contribution in [3.05, 3.63) is 22.4 Å². The van der Waals surface area contributed by atoms with Crippen molar-refractivity contribution in [2.24, 2.45) is 0 Å². The zero-order valence-corrected chi connectivity index (χ0v) is 9.11. The van der Waals surface area contributed by atoms with E-state index in [2.05, 4.69) is 15.0 Å². The molecule has 0 atom stereocenters. The Bertz CT molecular complexity index is 538. The highest BCUT2D eigenvalue weighted by Gasteiger charge is 2.11. The van der Waals surface area contributed by atoms with Crippen molar-refractivity contribution < 1.29 is 0 Å². The first-order valence-corrected chi connectivity index (χ1v) is 5.09. The van der Waals surface area contributed by atoms with Crippen LogP contribution < -0.4 is 5.69 Å². The average Bonchev–Trinajstić information content (AvgIpc) is 2.52. The van der Waals surface area contributed by atoms with Crippen molar-refractivity contribution in [1.82, 2.24) is 19.5 Å². The minimum absolute atomic E-state index is 0.0904. The summed E-state index contributed by atoms with van der Waals surface area (Å²) in [7, 11) is 0. The van der Waals surface area contributed by atoms with Crippen molar-refractivity contribution in [1.29, 1.82) is 0 Å². The number of nitrogens with one attached hydrogen (secondary N) is 1. The van der Waals surface area contributed by atoms with Gasteiger partial charge in [0.15, 0.2) is 11.3 Å². The lowest BCUT2D eigenvalue weighted by molar-refractivity contribution is 0.592. The molecule has 0 radical (unpaired) electrons. The first-order valence-electron chi connectivity index (χ1n) is 5.09. The molecule has 80 valence electrons. The summed E-state index contributed by atoms with van der Waals surface area (Å²) in [5.74, 6) is 0. The fourth-order valence-corrected chi connectivity index (χ4v) is 1.58. The number of aryl methyl sites for hydroxylation is 1. The molecule has 2 heterocycles. The summed E-state index contributed by atoms with van der Waals surface area (Å²) >= 11 is 0. The molecular weight excluding hydrogens is 192 g/mol. The van der Waals surface area contributed by atoms with Crippen LogP contribution in [0.3, 0.4) is 0 Å². The summed E-state index contributed by atoms with van der Waals surface area (Å²) in [4.78, 5) is 22.9. The molecule has 0 bridgehead atoms. The minimum Gasteiger partial charge on any atom is -0.289 e. The third-order valence-electron chi connectivity index (χ3n) is 2.35. The van der Waals surface area contributed by atoms with E-state index < -0.39 is 0 Å². The quantitative estimate of drug-likeness (QED) is 0.804. The first kappa shape index (κ1) is 9.89. The number of imidazole rings is 1. The predicted molar refractivity (Wildman–Crippen MR) is 57.9 cm³/mol. The van der Waals surface area contributed by atoms with E-state index in [9.17, 15) is 4.79 Å². The summed E-state index contributed by atoms with van der Waals surface area (Å²) < 4.78 is 1.63. The molecule has 0 amide bonds. The van der Waals surface area contributed by atoms with Gasteiger partial charge in [-0.2, -0.15) is 0 Å². The van der Waals surface area contributed by atoms with Gasteiger partial charge in [-0.25, -0.2) is 14.8 Å². The summed E-state index contributed by atoms with van der Waals surface area (Å²) in [6.07, 6.45) is 2.52. The van der Waals surface area contributed by atoms with Crippen LogP contribution in [0.15, 0.2) is 11.0 Å². The second-order valence-electron chi connectivity index (χ2n) is 3.78. The van der Waals surface area contributed by atoms with Gasteiger partial charge in [-0.05, 0) is 20.3 Å². The number of aromatic amines is 1. The molecule has 0 unspecified atom stereocenters. The highest BCUT2D eigenvalue weighted by Crippen LogP contribution is 2.10. The topological polar surface area (TPSA) is 63.6 Å². The lowest BCUT2D eigenvalue weighted by Crippen LogP contribution is -2.18. The maximum absolute atomic E-state index is 11.6. The van der Waals surface area contributed by atoms with E-state index in [0.717, 1.165) is 12.1 Å². The molecule has 2 aromatic heterocycles. The fraction of sp³-hybridized carbons (Fsp3) is 0.500. The Hall–Kier alpha value is -1.65. The van der Waals surface area contributed by atoms with Crippen LogP contribution in [0.1, 0.15) is 32.5 Å². The van der Waals surface area contributed by atoms with E-state index in [1.807, 2.05) is 20.8 Å². The van der Waals surface area contributed by atoms with E-state index in [-0.39, 0.29) is 11.7 Å². The van der Waals surface area contributed by atoms with E-state index in [0.29, 0.717) is 11.3 Å². The van der Waals surface area contributed by atoms with Crippen LogP contribution in [-0.2, 0) is 6.42 Å². The van der Waals surface area contributed by atoms with Crippen LogP contribution in [0.2, 0.25) is 0 Å². The molecule has 2 aromatic rings. The Labute approximate surface area is 87.2 Å². The number of hydrogen-bond acceptors (Lipinski definition) is 3. The molecule has 0 saturated heterocycles. The number of fused-ring (bicyclic) bond motifs is 1. The summed E-state index contributed by atoms with van der Waals surface area (Å²) in [5.41, 5.74) is 1.96. The Morgan fingerprint density at radius 1 is 1.53 bits per heavy atom. The molecule has 0 aliphatic heterocycles. The van der Waals surface area contributed by atoms with Crippen LogP contribution in [0.4, 0.5) is 0 Å². The zero-order valence-electron chi connectivity index (χ0n) is 9.11.